The lowest BCUT2D eigenvalue weighted by Gasteiger charge is -2.42. The third-order valence-corrected chi connectivity index (χ3v) is 10.1. The van der Waals surface area contributed by atoms with Gasteiger partial charge in [0.2, 0.25) is 5.91 Å². The fourth-order valence-corrected chi connectivity index (χ4v) is 7.34. The van der Waals surface area contributed by atoms with Crippen LogP contribution in [0.5, 0.6) is 0 Å². The molecule has 4 aliphatic rings. The van der Waals surface area contributed by atoms with E-state index in [0.29, 0.717) is 50.5 Å². The molecule has 2 aromatic heterocycles. The topological polar surface area (TPSA) is 155 Å². The van der Waals surface area contributed by atoms with Gasteiger partial charge in [0.05, 0.1) is 35.1 Å². The van der Waals surface area contributed by atoms with Crippen LogP contribution in [0.4, 0.5) is 14.9 Å². The molecule has 12 nitrogen and oxygen atoms in total. The van der Waals surface area contributed by atoms with E-state index >= 15 is 4.39 Å². The second kappa shape index (κ2) is 13.7. The minimum absolute atomic E-state index is 0.130. The molecule has 1 saturated carbocycles. The summed E-state index contributed by atoms with van der Waals surface area (Å²) in [5.41, 5.74) is 12.8. The fraction of sp³-hybridized carbons (Fsp3) is 0.576. The van der Waals surface area contributed by atoms with Gasteiger partial charge in [-0.3, -0.25) is 24.8 Å². The minimum Gasteiger partial charge on any atom is -0.394 e. The summed E-state index contributed by atoms with van der Waals surface area (Å²) in [6, 6.07) is 2.01. The summed E-state index contributed by atoms with van der Waals surface area (Å²) in [4.78, 5) is 46.7. The van der Waals surface area contributed by atoms with Gasteiger partial charge < -0.3 is 31.2 Å². The van der Waals surface area contributed by atoms with Gasteiger partial charge >= 0.3 is 6.03 Å². The second-order valence-corrected chi connectivity index (χ2v) is 13.2. The van der Waals surface area contributed by atoms with Crippen molar-refractivity contribution in [2.45, 2.75) is 82.0 Å². The molecule has 46 heavy (non-hydrogen) atoms. The molecule has 1 aliphatic carbocycles. The highest BCUT2D eigenvalue weighted by Gasteiger charge is 2.37. The average Bonchev–Trinajstić information content (AvgIpc) is 3.49. The number of pyridine rings is 1. The van der Waals surface area contributed by atoms with Crippen LogP contribution in [-0.4, -0.2) is 88.2 Å². The van der Waals surface area contributed by atoms with Crippen LogP contribution < -0.4 is 27.0 Å². The number of anilines is 1. The van der Waals surface area contributed by atoms with Crippen molar-refractivity contribution < 1.29 is 18.8 Å². The summed E-state index contributed by atoms with van der Waals surface area (Å²) in [5, 5.41) is 6.31. The minimum atomic E-state index is -1.28. The number of fused-ring (bicyclic) bond motifs is 1. The molecule has 5 heterocycles. The molecular weight excluding hydrogens is 589 g/mol. The Morgan fingerprint density at radius 2 is 1.76 bits per heavy atom. The number of nitrogens with one attached hydrogen (secondary N) is 2. The lowest BCUT2D eigenvalue weighted by molar-refractivity contribution is -0.120. The molecule has 6 N–H and O–H groups in total. The van der Waals surface area contributed by atoms with Gasteiger partial charge in [0.25, 0.3) is 5.91 Å². The third-order valence-electron chi connectivity index (χ3n) is 10.1. The molecule has 0 aromatic carbocycles. The number of hydrogen-bond donors (Lipinski definition) is 4. The summed E-state index contributed by atoms with van der Waals surface area (Å²) in [5.74, 6) is -0.0440. The number of hydrogen-bond acceptors (Lipinski definition) is 8. The number of imide groups is 1. The Bertz CT molecular complexity index is 1500. The highest BCUT2D eigenvalue weighted by atomic mass is 19.1. The lowest BCUT2D eigenvalue weighted by Crippen LogP contribution is -2.50. The number of allylic oxidation sites excluding steroid dienone is 2. The van der Waals surface area contributed by atoms with Crippen molar-refractivity contribution >= 4 is 34.4 Å². The van der Waals surface area contributed by atoms with E-state index in [4.69, 9.17) is 11.5 Å². The predicted molar refractivity (Wildman–Crippen MR) is 174 cm³/mol. The van der Waals surface area contributed by atoms with Crippen molar-refractivity contribution in [3.8, 4) is 0 Å². The van der Waals surface area contributed by atoms with Gasteiger partial charge in [-0.25, -0.2) is 9.18 Å². The quantitative estimate of drug-likeness (QED) is 0.255. The van der Waals surface area contributed by atoms with Crippen molar-refractivity contribution in [1.29, 1.82) is 0 Å². The Morgan fingerprint density at radius 1 is 1.02 bits per heavy atom. The number of piperidine rings is 2. The largest absolute Gasteiger partial charge is 0.394 e. The van der Waals surface area contributed by atoms with Gasteiger partial charge in [0.1, 0.15) is 5.67 Å². The maximum Gasteiger partial charge on any atom is 0.328 e. The summed E-state index contributed by atoms with van der Waals surface area (Å²) in [7, 11) is 0. The first-order chi connectivity index (χ1) is 22.2. The van der Waals surface area contributed by atoms with Crippen LogP contribution in [0, 0.1) is 0 Å². The highest BCUT2D eigenvalue weighted by molar-refractivity contribution is 6.09. The van der Waals surface area contributed by atoms with E-state index in [0.717, 1.165) is 62.5 Å². The number of likely N-dealkylation sites (tertiary alicyclic amines) is 2. The number of halogens is 1. The number of rotatable bonds is 8. The van der Waals surface area contributed by atoms with Crippen LogP contribution in [0.2, 0.25) is 0 Å². The normalized spacial score (nSPS) is 22.7. The zero-order valence-corrected chi connectivity index (χ0v) is 26.4. The Morgan fingerprint density at radius 3 is 2.48 bits per heavy atom. The molecule has 0 unspecified atom stereocenters. The van der Waals surface area contributed by atoms with E-state index in [1.54, 1.807) is 23.2 Å². The van der Waals surface area contributed by atoms with E-state index in [9.17, 15) is 14.4 Å². The molecule has 0 bridgehead atoms. The Hall–Kier alpha value is -4.13. The Kier molecular flexibility index (Phi) is 9.48. The maximum atomic E-state index is 16.0. The van der Waals surface area contributed by atoms with Crippen LogP contribution >= 0.6 is 0 Å². The molecular formula is C33H46FN9O3. The highest BCUT2D eigenvalue weighted by Crippen LogP contribution is 2.34. The third kappa shape index (κ3) is 7.14. The molecule has 0 atom stereocenters. The van der Waals surface area contributed by atoms with Crippen LogP contribution in [0.1, 0.15) is 70.3 Å². The Labute approximate surface area is 269 Å². The predicted octanol–water partition coefficient (Wildman–Crippen LogP) is 3.02. The number of nitrogens with zero attached hydrogens (tertiary/aromatic N) is 5. The monoisotopic (exact) mass is 635 g/mol. The van der Waals surface area contributed by atoms with Crippen LogP contribution in [0.15, 0.2) is 48.3 Å². The molecule has 248 valence electrons. The van der Waals surface area contributed by atoms with E-state index in [2.05, 4.69) is 25.1 Å². The first kappa shape index (κ1) is 31.8. The zero-order chi connectivity index (χ0) is 32.3. The number of urea groups is 1. The van der Waals surface area contributed by atoms with Crippen LogP contribution in [-0.2, 0) is 9.59 Å². The van der Waals surface area contributed by atoms with E-state index in [1.807, 2.05) is 23.4 Å². The molecule has 0 radical (unpaired) electrons. The molecule has 6 rings (SSSR count). The standard InChI is InChI=1S/C33H46FN9O3/c34-33(12-18-41(19-13-33)29(36)7-6-26(35)31(45)38-23-4-2-1-3-5-23)22-40-14-8-24(9-15-40)42-16-10-25-27(42)20-37-21-28(25)43-17-11-30(44)39-32(43)46/h6-7,10,16,20-21,23-24H,1-5,8-9,11-15,17-19,22,35-36H2,(H,38,45)(H,39,44,46)/b26-6-,29-7+. The van der Waals surface area contributed by atoms with Gasteiger partial charge in [0.15, 0.2) is 0 Å². The first-order valence-corrected chi connectivity index (χ1v) is 16.6. The van der Waals surface area contributed by atoms with Gasteiger partial charge in [-0.05, 0) is 43.9 Å². The molecule has 4 amide bonds. The SMILES string of the molecule is N/C(=C\C=C(/N)N1CCC(F)(CN2CCC(n3ccc4c(N5CCC(=O)NC5=O)cncc43)CC2)CC1)C(=O)NC1CCCCC1. The van der Waals surface area contributed by atoms with Crippen LogP contribution in [0.25, 0.3) is 10.9 Å². The van der Waals surface area contributed by atoms with Gasteiger partial charge in [-0.1, -0.05) is 19.3 Å². The van der Waals surface area contributed by atoms with E-state index in [-0.39, 0.29) is 36.0 Å². The maximum absolute atomic E-state index is 16.0. The van der Waals surface area contributed by atoms with Crippen molar-refractivity contribution in [3.63, 3.8) is 0 Å². The van der Waals surface area contributed by atoms with Gasteiger partial charge in [-0.15, -0.1) is 0 Å². The number of carbonyl (C=O) groups is 3. The van der Waals surface area contributed by atoms with Crippen LogP contribution in [0.3, 0.4) is 0 Å². The molecule has 13 heteroatoms. The first-order valence-electron chi connectivity index (χ1n) is 16.6. The molecule has 4 fully saturated rings. The van der Waals surface area contributed by atoms with Gasteiger partial charge in [-0.2, -0.15) is 0 Å². The number of carbonyl (C=O) groups excluding carboxylic acids is 3. The Balaban J connectivity index is 0.987. The number of amides is 4. The van der Waals surface area contributed by atoms with Crippen molar-refractivity contribution in [2.24, 2.45) is 11.5 Å². The van der Waals surface area contributed by atoms with E-state index in [1.165, 1.54) is 6.42 Å². The molecule has 0 spiro atoms. The van der Waals surface area contributed by atoms with E-state index < -0.39 is 11.7 Å². The van der Waals surface area contributed by atoms with Crippen molar-refractivity contribution in [1.82, 2.24) is 30.0 Å². The van der Waals surface area contributed by atoms with Crippen molar-refractivity contribution in [3.05, 3.63) is 48.3 Å². The van der Waals surface area contributed by atoms with Crippen molar-refractivity contribution in [2.75, 3.05) is 44.2 Å². The summed E-state index contributed by atoms with van der Waals surface area (Å²) in [6.45, 7) is 3.31. The molecule has 3 saturated heterocycles. The summed E-state index contributed by atoms with van der Waals surface area (Å²) < 4.78 is 18.2. The lowest BCUT2D eigenvalue weighted by atomic mass is 9.91. The molecule has 2 aromatic rings. The zero-order valence-electron chi connectivity index (χ0n) is 26.4. The second-order valence-electron chi connectivity index (χ2n) is 13.2. The number of aromatic nitrogens is 2. The smallest absolute Gasteiger partial charge is 0.328 e. The summed E-state index contributed by atoms with van der Waals surface area (Å²) >= 11 is 0. The molecule has 3 aliphatic heterocycles. The van der Waals surface area contributed by atoms with Gasteiger partial charge in [0, 0.05) is 82.2 Å². The number of alkyl halides is 1. The average molecular weight is 636 g/mol. The fourth-order valence-electron chi connectivity index (χ4n) is 7.34. The summed E-state index contributed by atoms with van der Waals surface area (Å²) in [6.07, 6.45) is 17.0. The number of nitrogens with two attached hydrogens (primary N) is 2.